The number of aromatic nitrogens is 2. The van der Waals surface area contributed by atoms with Crippen LogP contribution in [0.15, 0.2) is 4.34 Å². The fourth-order valence-electron chi connectivity index (χ4n) is 1.90. The van der Waals surface area contributed by atoms with Crippen LogP contribution in [0, 0.1) is 5.92 Å². The molecule has 0 radical (unpaired) electrons. The molecule has 1 aromatic heterocycles. The summed E-state index contributed by atoms with van der Waals surface area (Å²) in [6.45, 7) is 0.216. The molecular weight excluding hydrogens is 340 g/mol. The number of aliphatic carboxylic acids is 1. The first-order valence-electron chi connectivity index (χ1n) is 5.73. The number of rotatable bonds is 6. The number of carbonyl (C=O) groups is 2. The summed E-state index contributed by atoms with van der Waals surface area (Å²) in [7, 11) is -3.63. The van der Waals surface area contributed by atoms with E-state index >= 15 is 0 Å². The van der Waals surface area contributed by atoms with Crippen molar-refractivity contribution in [2.45, 2.75) is 10.8 Å². The van der Waals surface area contributed by atoms with Gasteiger partial charge in [0.25, 0.3) is 0 Å². The van der Waals surface area contributed by atoms with Gasteiger partial charge in [-0.15, -0.1) is 10.2 Å². The molecule has 0 spiro atoms. The van der Waals surface area contributed by atoms with Crippen molar-refractivity contribution in [3.8, 4) is 0 Å². The van der Waals surface area contributed by atoms with E-state index in [2.05, 4.69) is 10.2 Å². The predicted molar refractivity (Wildman–Crippen MR) is 76.7 cm³/mol. The van der Waals surface area contributed by atoms with Crippen molar-refractivity contribution in [1.82, 2.24) is 10.2 Å². The molecule has 1 atom stereocenters. The summed E-state index contributed by atoms with van der Waals surface area (Å²) >= 11 is 2.11. The summed E-state index contributed by atoms with van der Waals surface area (Å²) < 4.78 is 22.5. The highest BCUT2D eigenvalue weighted by molar-refractivity contribution is 8.01. The molecular formula is C9H12N4O5S3. The first kappa shape index (κ1) is 16.1. The zero-order chi connectivity index (χ0) is 15.6. The summed E-state index contributed by atoms with van der Waals surface area (Å²) in [5.41, 5.74) is 0. The lowest BCUT2D eigenvalue weighted by Gasteiger charge is -2.11. The lowest BCUT2D eigenvalue weighted by atomic mass is 10.1. The van der Waals surface area contributed by atoms with Gasteiger partial charge in [0, 0.05) is 18.9 Å². The molecule has 21 heavy (non-hydrogen) atoms. The van der Waals surface area contributed by atoms with Gasteiger partial charge in [-0.25, -0.2) is 13.6 Å². The molecule has 1 aliphatic rings. The maximum atomic E-state index is 11.9. The second-order valence-electron chi connectivity index (χ2n) is 4.44. The number of carboxylic acid groups (broad SMARTS) is 1. The number of sulfonamides is 1. The maximum Gasteiger partial charge on any atom is 0.313 e. The molecule has 9 nitrogen and oxygen atoms in total. The Morgan fingerprint density at radius 2 is 2.24 bits per heavy atom. The Balaban J connectivity index is 2.02. The molecule has 0 aliphatic carbocycles. The number of nitrogens with zero attached hydrogens (tertiary/aromatic N) is 3. The predicted octanol–water partition coefficient (Wildman–Crippen LogP) is -0.644. The van der Waals surface area contributed by atoms with E-state index in [1.165, 1.54) is 4.90 Å². The first-order valence-corrected chi connectivity index (χ1v) is 9.25. The Bertz CT molecular complexity index is 658. The topological polar surface area (TPSA) is 144 Å². The number of amides is 1. The fourth-order valence-corrected chi connectivity index (χ4v) is 4.37. The van der Waals surface area contributed by atoms with Gasteiger partial charge in [-0.1, -0.05) is 23.1 Å². The van der Waals surface area contributed by atoms with E-state index in [0.29, 0.717) is 9.47 Å². The Hall–Kier alpha value is -1.24. The van der Waals surface area contributed by atoms with Gasteiger partial charge >= 0.3 is 5.97 Å². The molecule has 12 heteroatoms. The van der Waals surface area contributed by atoms with Crippen LogP contribution < -0.4 is 10.0 Å². The van der Waals surface area contributed by atoms with Gasteiger partial charge in [0.05, 0.1) is 11.5 Å². The second-order valence-corrected chi connectivity index (χ2v) is 8.27. The third kappa shape index (κ3) is 4.62. The largest absolute Gasteiger partial charge is 0.481 e. The van der Waals surface area contributed by atoms with E-state index in [4.69, 9.17) is 10.2 Å². The molecule has 1 saturated heterocycles. The lowest BCUT2D eigenvalue weighted by Crippen LogP contribution is -2.27. The number of hydrogen-bond donors (Lipinski definition) is 2. The van der Waals surface area contributed by atoms with E-state index in [9.17, 15) is 18.0 Å². The van der Waals surface area contributed by atoms with Gasteiger partial charge in [-0.05, 0) is 0 Å². The van der Waals surface area contributed by atoms with Gasteiger partial charge in [0.1, 0.15) is 0 Å². The SMILES string of the molecule is NS(=O)(=O)CC1CC(=O)N(c2nnc(SCC(=O)O)s2)C1. The van der Waals surface area contributed by atoms with Crippen molar-refractivity contribution in [3.63, 3.8) is 0 Å². The Morgan fingerprint density at radius 1 is 1.52 bits per heavy atom. The van der Waals surface area contributed by atoms with Crippen LogP contribution >= 0.6 is 23.1 Å². The third-order valence-electron chi connectivity index (χ3n) is 2.62. The summed E-state index contributed by atoms with van der Waals surface area (Å²) in [5, 5.41) is 21.5. The standard InChI is InChI=1S/C9H12N4O5S3/c10-21(17,18)4-5-1-6(14)13(2-5)8-11-12-9(20-8)19-3-7(15)16/h5H,1-4H2,(H,15,16)(H2,10,17,18). The van der Waals surface area contributed by atoms with Gasteiger partial charge in [-0.2, -0.15) is 0 Å². The van der Waals surface area contributed by atoms with Crippen molar-refractivity contribution < 1.29 is 23.1 Å². The van der Waals surface area contributed by atoms with E-state index < -0.39 is 16.0 Å². The van der Waals surface area contributed by atoms with Crippen LogP contribution in [0.4, 0.5) is 5.13 Å². The number of anilines is 1. The second kappa shape index (κ2) is 6.25. The fraction of sp³-hybridized carbons (Fsp3) is 0.556. The summed E-state index contributed by atoms with van der Waals surface area (Å²) in [6.07, 6.45) is 0.0909. The normalized spacial score (nSPS) is 19.2. The van der Waals surface area contributed by atoms with Gasteiger partial charge in [0.15, 0.2) is 4.34 Å². The van der Waals surface area contributed by atoms with E-state index in [0.717, 1.165) is 23.1 Å². The number of carboxylic acids is 1. The van der Waals surface area contributed by atoms with Gasteiger partial charge in [-0.3, -0.25) is 14.5 Å². The van der Waals surface area contributed by atoms with Gasteiger partial charge < -0.3 is 5.11 Å². The van der Waals surface area contributed by atoms with Crippen LogP contribution in [0.25, 0.3) is 0 Å². The minimum Gasteiger partial charge on any atom is -0.481 e. The molecule has 116 valence electrons. The molecule has 3 N–H and O–H groups in total. The van der Waals surface area contributed by atoms with Crippen LogP contribution in [-0.2, 0) is 19.6 Å². The van der Waals surface area contributed by atoms with Crippen molar-refractivity contribution in [3.05, 3.63) is 0 Å². The average Bonchev–Trinajstić information content (AvgIpc) is 2.91. The molecule has 0 saturated carbocycles. The maximum absolute atomic E-state index is 11.9. The summed E-state index contributed by atoms with van der Waals surface area (Å²) in [6, 6.07) is 0. The van der Waals surface area contributed by atoms with Crippen LogP contribution in [-0.4, -0.2) is 53.6 Å². The minimum absolute atomic E-state index is 0.0909. The number of nitrogens with two attached hydrogens (primary N) is 1. The Kier molecular flexibility index (Phi) is 4.81. The highest BCUT2D eigenvalue weighted by Crippen LogP contribution is 2.32. The monoisotopic (exact) mass is 352 g/mol. The lowest BCUT2D eigenvalue weighted by molar-refractivity contribution is -0.133. The van der Waals surface area contributed by atoms with E-state index in [1.807, 2.05) is 0 Å². The minimum atomic E-state index is -3.63. The third-order valence-corrected chi connectivity index (χ3v) is 5.62. The highest BCUT2D eigenvalue weighted by atomic mass is 32.2. The van der Waals surface area contributed by atoms with Crippen LogP contribution in [0.2, 0.25) is 0 Å². The quantitative estimate of drug-likeness (QED) is 0.508. The molecule has 1 unspecified atom stereocenters. The smallest absolute Gasteiger partial charge is 0.313 e. The highest BCUT2D eigenvalue weighted by Gasteiger charge is 2.34. The van der Waals surface area contributed by atoms with E-state index in [1.54, 1.807) is 0 Å². The molecule has 0 aromatic carbocycles. The van der Waals surface area contributed by atoms with Gasteiger partial charge in [0.2, 0.25) is 21.1 Å². The molecule has 1 amide bonds. The van der Waals surface area contributed by atoms with E-state index in [-0.39, 0.29) is 36.3 Å². The molecule has 1 aliphatic heterocycles. The van der Waals surface area contributed by atoms with Crippen molar-refractivity contribution in [1.29, 1.82) is 0 Å². The summed E-state index contributed by atoms with van der Waals surface area (Å²) in [5.74, 6) is -1.98. The number of carbonyl (C=O) groups excluding carboxylic acids is 1. The zero-order valence-electron chi connectivity index (χ0n) is 10.6. The Labute approximate surface area is 128 Å². The molecule has 2 rings (SSSR count). The molecule has 2 heterocycles. The number of hydrogen-bond acceptors (Lipinski definition) is 8. The molecule has 0 bridgehead atoms. The van der Waals surface area contributed by atoms with Crippen LogP contribution in [0.5, 0.6) is 0 Å². The number of thioether (sulfide) groups is 1. The molecule has 1 aromatic rings. The van der Waals surface area contributed by atoms with Crippen molar-refractivity contribution >= 4 is 50.1 Å². The zero-order valence-corrected chi connectivity index (χ0v) is 13.1. The average molecular weight is 352 g/mol. The molecule has 1 fully saturated rings. The van der Waals surface area contributed by atoms with Crippen LogP contribution in [0.3, 0.4) is 0 Å². The first-order chi connectivity index (χ1) is 9.74. The van der Waals surface area contributed by atoms with Crippen molar-refractivity contribution in [2.75, 3.05) is 23.0 Å². The van der Waals surface area contributed by atoms with Crippen molar-refractivity contribution in [2.24, 2.45) is 11.1 Å². The summed E-state index contributed by atoms with van der Waals surface area (Å²) in [4.78, 5) is 23.7. The van der Waals surface area contributed by atoms with Crippen LogP contribution in [0.1, 0.15) is 6.42 Å². The number of primary sulfonamides is 1. The Morgan fingerprint density at radius 3 is 2.86 bits per heavy atom.